The van der Waals surface area contributed by atoms with Gasteiger partial charge < -0.3 is 20.3 Å². The molecule has 0 saturated heterocycles. The number of fused-ring (bicyclic) bond motifs is 1. The van der Waals surface area contributed by atoms with Crippen LogP contribution in [0.15, 0.2) is 66.9 Å². The number of allylic oxidation sites excluding steroid dienone is 3. The minimum absolute atomic E-state index is 0.0300. The Bertz CT molecular complexity index is 1210. The third-order valence-corrected chi connectivity index (χ3v) is 5.77. The molecule has 0 aromatic heterocycles. The number of alkyl carbamates (subject to hydrolysis) is 1. The first kappa shape index (κ1) is 27.6. The Morgan fingerprint density at radius 3 is 2.49 bits per heavy atom. The third kappa shape index (κ3) is 7.25. The van der Waals surface area contributed by atoms with E-state index >= 15 is 0 Å². The molecule has 0 aliphatic heterocycles. The van der Waals surface area contributed by atoms with Crippen LogP contribution in [0.3, 0.4) is 0 Å². The van der Waals surface area contributed by atoms with Crippen molar-refractivity contribution in [1.82, 2.24) is 15.5 Å². The van der Waals surface area contributed by atoms with Crippen LogP contribution in [-0.4, -0.2) is 41.9 Å². The number of hydrogen-bond donors (Lipinski definition) is 2. The first-order chi connectivity index (χ1) is 17.5. The molecule has 37 heavy (non-hydrogen) atoms. The summed E-state index contributed by atoms with van der Waals surface area (Å²) in [6.45, 7) is 5.26. The van der Waals surface area contributed by atoms with Crippen molar-refractivity contribution in [3.63, 3.8) is 0 Å². The molecule has 3 atom stereocenters. The number of nitrogens with zero attached hydrogens (tertiary/aromatic N) is 1. The minimum atomic E-state index is -1.16. The predicted molar refractivity (Wildman–Crippen MR) is 135 cm³/mol. The lowest BCUT2D eigenvalue weighted by Crippen LogP contribution is -2.48. The van der Waals surface area contributed by atoms with Gasteiger partial charge in [0.05, 0.1) is 12.1 Å². The molecule has 2 amide bonds. The molecule has 2 N–H and O–H groups in total. The Morgan fingerprint density at radius 1 is 1.08 bits per heavy atom. The quantitative estimate of drug-likeness (QED) is 0.309. The monoisotopic (exact) mass is 511 g/mol. The summed E-state index contributed by atoms with van der Waals surface area (Å²) < 4.78 is 33.8. The van der Waals surface area contributed by atoms with Crippen LogP contribution in [0.1, 0.15) is 49.5 Å². The fraction of sp³-hybridized carbons (Fsp3) is 0.321. The highest BCUT2D eigenvalue weighted by Gasteiger charge is 2.37. The molecular weight excluding hydrogens is 480 g/mol. The molecule has 2 unspecified atom stereocenters. The van der Waals surface area contributed by atoms with E-state index in [-0.39, 0.29) is 5.56 Å². The Balaban J connectivity index is 1.90. The Morgan fingerprint density at radius 2 is 1.81 bits per heavy atom. The summed E-state index contributed by atoms with van der Waals surface area (Å²) in [7, 11) is 1.57. The van der Waals surface area contributed by atoms with Gasteiger partial charge in [0.2, 0.25) is 5.91 Å². The Hall–Kier alpha value is -4.01. The highest BCUT2D eigenvalue weighted by molar-refractivity contribution is 5.84. The van der Waals surface area contributed by atoms with Gasteiger partial charge in [0.1, 0.15) is 29.6 Å². The molecule has 7 nitrogen and oxygen atoms in total. The summed E-state index contributed by atoms with van der Waals surface area (Å²) in [4.78, 5) is 38.2. The lowest BCUT2D eigenvalue weighted by atomic mass is 10.0. The van der Waals surface area contributed by atoms with E-state index in [0.717, 1.165) is 23.3 Å². The number of ether oxygens (including phenoxy) is 1. The van der Waals surface area contributed by atoms with Crippen molar-refractivity contribution in [3.8, 4) is 0 Å². The molecule has 1 aliphatic carbocycles. The largest absolute Gasteiger partial charge is 0.444 e. The van der Waals surface area contributed by atoms with Gasteiger partial charge in [-0.25, -0.2) is 13.6 Å². The topological polar surface area (TPSA) is 87.7 Å². The second-order valence-electron chi connectivity index (χ2n) is 9.74. The second kappa shape index (κ2) is 11.8. The van der Waals surface area contributed by atoms with E-state index in [4.69, 9.17) is 4.74 Å². The fourth-order valence-electron chi connectivity index (χ4n) is 4.25. The number of amides is 2. The second-order valence-corrected chi connectivity index (χ2v) is 9.74. The number of likely N-dealkylation sites (N-methyl/N-ethyl adjacent to an activating group) is 1. The zero-order valence-electron chi connectivity index (χ0n) is 21.2. The van der Waals surface area contributed by atoms with Crippen LogP contribution in [-0.2, 0) is 20.7 Å². The maximum atomic E-state index is 14.8. The van der Waals surface area contributed by atoms with Gasteiger partial charge in [-0.05, 0) is 62.7 Å². The van der Waals surface area contributed by atoms with Crippen molar-refractivity contribution >= 4 is 18.3 Å². The molecule has 1 aliphatic rings. The van der Waals surface area contributed by atoms with Crippen LogP contribution in [0.4, 0.5) is 13.6 Å². The molecule has 9 heteroatoms. The van der Waals surface area contributed by atoms with E-state index in [2.05, 4.69) is 10.6 Å². The summed E-state index contributed by atoms with van der Waals surface area (Å²) in [5.41, 5.74) is 1.05. The maximum Gasteiger partial charge on any atom is 0.408 e. The fourth-order valence-corrected chi connectivity index (χ4v) is 4.25. The van der Waals surface area contributed by atoms with Gasteiger partial charge in [0, 0.05) is 18.7 Å². The van der Waals surface area contributed by atoms with Gasteiger partial charge in [0.25, 0.3) is 0 Å². The smallest absolute Gasteiger partial charge is 0.408 e. The van der Waals surface area contributed by atoms with E-state index in [1.807, 2.05) is 24.3 Å². The van der Waals surface area contributed by atoms with Gasteiger partial charge in [0.15, 0.2) is 0 Å². The van der Waals surface area contributed by atoms with Crippen LogP contribution >= 0.6 is 0 Å². The summed E-state index contributed by atoms with van der Waals surface area (Å²) in [5, 5.41) is 5.80. The number of halogens is 2. The predicted octanol–water partition coefficient (Wildman–Crippen LogP) is 4.51. The molecule has 0 radical (unpaired) electrons. The molecule has 196 valence electrons. The van der Waals surface area contributed by atoms with Gasteiger partial charge in [-0.15, -0.1) is 0 Å². The van der Waals surface area contributed by atoms with Crippen molar-refractivity contribution in [2.75, 3.05) is 7.05 Å². The number of hydrogen-bond acceptors (Lipinski definition) is 5. The summed E-state index contributed by atoms with van der Waals surface area (Å²) in [5.74, 6) is -2.19. The first-order valence-corrected chi connectivity index (χ1v) is 11.8. The Labute approximate surface area is 215 Å². The molecule has 3 rings (SSSR count). The molecule has 0 bridgehead atoms. The SMILES string of the molecule is CN(/C=C\C=C/C=O)C(C(=O)N[C@H]1Cc2ccccc2C1NC(=O)OC(C)(C)C)c1ccc(F)cc1F. The average molecular weight is 512 g/mol. The molecule has 2 aromatic carbocycles. The summed E-state index contributed by atoms with van der Waals surface area (Å²) >= 11 is 0. The molecule has 0 heterocycles. The lowest BCUT2D eigenvalue weighted by molar-refractivity contribution is -0.126. The van der Waals surface area contributed by atoms with E-state index < -0.39 is 47.4 Å². The minimum Gasteiger partial charge on any atom is -0.444 e. The highest BCUT2D eigenvalue weighted by Crippen LogP contribution is 2.33. The van der Waals surface area contributed by atoms with Crippen molar-refractivity contribution in [2.24, 2.45) is 0 Å². The van der Waals surface area contributed by atoms with Crippen molar-refractivity contribution in [1.29, 1.82) is 0 Å². The molecule has 0 spiro atoms. The van der Waals surface area contributed by atoms with Crippen molar-refractivity contribution in [3.05, 3.63) is 95.2 Å². The maximum absolute atomic E-state index is 14.8. The van der Waals surface area contributed by atoms with Crippen LogP contribution in [0, 0.1) is 11.6 Å². The first-order valence-electron chi connectivity index (χ1n) is 11.8. The number of carbonyl (C=O) groups is 3. The highest BCUT2D eigenvalue weighted by atomic mass is 19.1. The molecular formula is C28H31F2N3O4. The Kier molecular flexibility index (Phi) is 8.81. The standard InChI is InChI=1S/C28H31F2N3O4/c1-28(2,3)37-27(36)32-24-20-11-7-6-10-18(20)16-23(24)31-26(35)25(33(4)14-8-5-9-15-34)21-13-12-19(29)17-22(21)30/h5-15,17,23-25H,16H2,1-4H3,(H,31,35)(H,32,36)/b9-5-,14-8-/t23-,24?,25?/m0/s1. The lowest BCUT2D eigenvalue weighted by Gasteiger charge is -2.30. The van der Waals surface area contributed by atoms with Crippen LogP contribution < -0.4 is 10.6 Å². The molecule has 0 saturated carbocycles. The number of rotatable bonds is 8. The van der Waals surface area contributed by atoms with Gasteiger partial charge in [-0.2, -0.15) is 0 Å². The van der Waals surface area contributed by atoms with E-state index in [9.17, 15) is 23.2 Å². The van der Waals surface area contributed by atoms with Gasteiger partial charge >= 0.3 is 6.09 Å². The van der Waals surface area contributed by atoms with Crippen molar-refractivity contribution in [2.45, 2.75) is 50.9 Å². The van der Waals surface area contributed by atoms with Gasteiger partial charge in [-0.1, -0.05) is 36.4 Å². The molecule has 0 fully saturated rings. The van der Waals surface area contributed by atoms with E-state index in [1.165, 1.54) is 35.4 Å². The zero-order valence-corrected chi connectivity index (χ0v) is 21.2. The molecule has 2 aromatic rings. The number of benzene rings is 2. The summed E-state index contributed by atoms with van der Waals surface area (Å²) in [6.07, 6.45) is 6.17. The third-order valence-electron chi connectivity index (χ3n) is 5.77. The van der Waals surface area contributed by atoms with Gasteiger partial charge in [-0.3, -0.25) is 9.59 Å². The van der Waals surface area contributed by atoms with Crippen LogP contribution in [0.2, 0.25) is 0 Å². The number of aldehydes is 1. The van der Waals surface area contributed by atoms with Crippen LogP contribution in [0.5, 0.6) is 0 Å². The van der Waals surface area contributed by atoms with E-state index in [1.54, 1.807) is 27.8 Å². The zero-order chi connectivity index (χ0) is 27.2. The summed E-state index contributed by atoms with van der Waals surface area (Å²) in [6, 6.07) is 8.24. The van der Waals surface area contributed by atoms with Crippen molar-refractivity contribution < 1.29 is 27.9 Å². The normalized spacial score (nSPS) is 17.9. The number of carbonyl (C=O) groups excluding carboxylic acids is 3. The number of nitrogens with one attached hydrogen (secondary N) is 2. The van der Waals surface area contributed by atoms with E-state index in [0.29, 0.717) is 12.7 Å². The average Bonchev–Trinajstić information content (AvgIpc) is 3.14. The van der Waals surface area contributed by atoms with Crippen LogP contribution in [0.25, 0.3) is 0 Å².